The molecule has 0 heterocycles. The van der Waals surface area contributed by atoms with Gasteiger partial charge in [0.15, 0.2) is 0 Å². The molecular formula is C16H22O2. The van der Waals surface area contributed by atoms with E-state index in [1.807, 2.05) is 19.1 Å². The normalized spacial score (nSPS) is 21.5. The minimum atomic E-state index is -0.120. The van der Waals surface area contributed by atoms with Gasteiger partial charge in [0.25, 0.3) is 0 Å². The molecule has 0 saturated heterocycles. The second-order valence-corrected chi connectivity index (χ2v) is 5.05. The van der Waals surface area contributed by atoms with Crippen molar-refractivity contribution in [2.45, 2.75) is 46.0 Å². The van der Waals surface area contributed by atoms with Crippen molar-refractivity contribution in [3.05, 3.63) is 29.8 Å². The van der Waals surface area contributed by atoms with E-state index >= 15 is 0 Å². The molecule has 1 unspecified atom stereocenters. The number of Topliss-reactive ketones (excluding diaryl/α,β-unsaturated/α-hetero) is 1. The molecule has 0 aromatic heterocycles. The van der Waals surface area contributed by atoms with Gasteiger partial charge in [-0.3, -0.25) is 4.79 Å². The second-order valence-electron chi connectivity index (χ2n) is 5.05. The van der Waals surface area contributed by atoms with Crippen LogP contribution in [0.4, 0.5) is 0 Å². The number of carbonyl (C=O) groups is 1. The molecule has 0 spiro atoms. The average Bonchev–Trinajstić information content (AvgIpc) is 2.38. The van der Waals surface area contributed by atoms with Gasteiger partial charge in [-0.15, -0.1) is 0 Å². The monoisotopic (exact) mass is 246 g/mol. The summed E-state index contributed by atoms with van der Waals surface area (Å²) in [6.45, 7) is 6.92. The highest BCUT2D eigenvalue weighted by atomic mass is 16.5. The smallest absolute Gasteiger partial charge is 0.140 e. The van der Waals surface area contributed by atoms with Crippen LogP contribution in [0.25, 0.3) is 0 Å². The van der Waals surface area contributed by atoms with Gasteiger partial charge in [-0.25, -0.2) is 0 Å². The van der Waals surface area contributed by atoms with E-state index < -0.39 is 0 Å². The lowest BCUT2D eigenvalue weighted by molar-refractivity contribution is -0.141. The van der Waals surface area contributed by atoms with Crippen molar-refractivity contribution in [1.29, 1.82) is 0 Å². The van der Waals surface area contributed by atoms with Gasteiger partial charge < -0.3 is 4.74 Å². The summed E-state index contributed by atoms with van der Waals surface area (Å²) in [4.78, 5) is 12.0. The molecule has 0 amide bonds. The van der Waals surface area contributed by atoms with Crippen LogP contribution in [0.5, 0.6) is 5.75 Å². The quantitative estimate of drug-likeness (QED) is 0.786. The Morgan fingerprint density at radius 1 is 1.28 bits per heavy atom. The minimum Gasteiger partial charge on any atom is -0.494 e. The van der Waals surface area contributed by atoms with Gasteiger partial charge in [0.1, 0.15) is 11.5 Å². The van der Waals surface area contributed by atoms with E-state index in [4.69, 9.17) is 4.74 Å². The van der Waals surface area contributed by atoms with E-state index in [0.717, 1.165) is 18.6 Å². The zero-order valence-electron chi connectivity index (χ0n) is 11.5. The van der Waals surface area contributed by atoms with Crippen LogP contribution in [0.1, 0.15) is 51.5 Å². The lowest BCUT2D eigenvalue weighted by Crippen LogP contribution is -2.47. The summed E-state index contributed by atoms with van der Waals surface area (Å²) < 4.78 is 5.54. The number of hydrogen-bond acceptors (Lipinski definition) is 2. The highest BCUT2D eigenvalue weighted by molar-refractivity contribution is 5.93. The maximum Gasteiger partial charge on any atom is 0.140 e. The van der Waals surface area contributed by atoms with E-state index in [1.54, 1.807) is 0 Å². The molecule has 2 nitrogen and oxygen atoms in total. The molecular weight excluding hydrogens is 224 g/mol. The molecule has 0 N–H and O–H groups in total. The first-order valence-electron chi connectivity index (χ1n) is 6.94. The van der Waals surface area contributed by atoms with Gasteiger partial charge in [0.05, 0.1) is 6.61 Å². The fourth-order valence-corrected chi connectivity index (χ4v) is 3.21. The Morgan fingerprint density at radius 2 is 2.00 bits per heavy atom. The molecule has 1 fully saturated rings. The number of hydrogen-bond donors (Lipinski definition) is 0. The first kappa shape index (κ1) is 13.1. The van der Waals surface area contributed by atoms with Crippen molar-refractivity contribution < 1.29 is 9.53 Å². The Kier molecular flexibility index (Phi) is 3.74. The zero-order valence-corrected chi connectivity index (χ0v) is 11.5. The highest BCUT2D eigenvalue weighted by Crippen LogP contribution is 2.54. The fourth-order valence-electron chi connectivity index (χ4n) is 3.21. The molecule has 1 aromatic rings. The number of rotatable bonds is 5. The summed E-state index contributed by atoms with van der Waals surface area (Å²) in [5.74, 6) is 1.72. The lowest BCUT2D eigenvalue weighted by Gasteiger charge is -2.47. The lowest BCUT2D eigenvalue weighted by atomic mass is 9.54. The Labute approximate surface area is 109 Å². The topological polar surface area (TPSA) is 26.3 Å². The summed E-state index contributed by atoms with van der Waals surface area (Å²) in [6.07, 6.45) is 2.56. The van der Waals surface area contributed by atoms with Crippen molar-refractivity contribution in [3.63, 3.8) is 0 Å². The number of ketones is 1. The summed E-state index contributed by atoms with van der Waals surface area (Å²) in [5, 5.41) is 0. The van der Waals surface area contributed by atoms with Crippen LogP contribution >= 0.6 is 0 Å². The molecule has 2 heteroatoms. The Balaban J connectivity index is 2.27. The van der Waals surface area contributed by atoms with Crippen LogP contribution < -0.4 is 4.74 Å². The maximum absolute atomic E-state index is 12.0. The third-order valence-electron chi connectivity index (χ3n) is 4.45. The van der Waals surface area contributed by atoms with Crippen LogP contribution in [0.3, 0.4) is 0 Å². The van der Waals surface area contributed by atoms with Crippen LogP contribution in [0.2, 0.25) is 0 Å². The molecule has 1 aliphatic rings. The summed E-state index contributed by atoms with van der Waals surface area (Å²) in [6, 6.07) is 8.23. The Morgan fingerprint density at radius 3 is 2.56 bits per heavy atom. The van der Waals surface area contributed by atoms with Crippen molar-refractivity contribution in [1.82, 2.24) is 0 Å². The van der Waals surface area contributed by atoms with Gasteiger partial charge in [0, 0.05) is 17.8 Å². The van der Waals surface area contributed by atoms with Gasteiger partial charge >= 0.3 is 0 Å². The Bertz CT molecular complexity index is 432. The van der Waals surface area contributed by atoms with Crippen molar-refractivity contribution in [2.75, 3.05) is 6.61 Å². The number of benzene rings is 1. The van der Waals surface area contributed by atoms with Crippen molar-refractivity contribution in [2.24, 2.45) is 5.41 Å². The van der Waals surface area contributed by atoms with Crippen molar-refractivity contribution >= 4 is 5.78 Å². The van der Waals surface area contributed by atoms with Gasteiger partial charge in [-0.2, -0.15) is 0 Å². The van der Waals surface area contributed by atoms with E-state index in [0.29, 0.717) is 24.7 Å². The highest BCUT2D eigenvalue weighted by Gasteiger charge is 2.52. The second kappa shape index (κ2) is 5.13. The van der Waals surface area contributed by atoms with Gasteiger partial charge in [0.2, 0.25) is 0 Å². The summed E-state index contributed by atoms with van der Waals surface area (Å²) >= 11 is 0. The standard InChI is InChI=1S/C16H22O2/c1-4-16(5-2)14(11-15(16)17)12-8-7-9-13(10-12)18-6-3/h7-10,14H,4-6,11H2,1-3H3. The fraction of sp³-hybridized carbons (Fsp3) is 0.562. The summed E-state index contributed by atoms with van der Waals surface area (Å²) in [5.41, 5.74) is 1.13. The third-order valence-corrected chi connectivity index (χ3v) is 4.45. The van der Waals surface area contributed by atoms with Crippen LogP contribution in [0.15, 0.2) is 24.3 Å². The Hall–Kier alpha value is -1.31. The van der Waals surface area contributed by atoms with E-state index in [1.165, 1.54) is 5.56 Å². The van der Waals surface area contributed by atoms with Crippen LogP contribution in [-0.2, 0) is 4.79 Å². The maximum atomic E-state index is 12.0. The molecule has 2 rings (SSSR count). The van der Waals surface area contributed by atoms with Crippen LogP contribution in [-0.4, -0.2) is 12.4 Å². The van der Waals surface area contributed by atoms with E-state index in [2.05, 4.69) is 26.0 Å². The SMILES string of the molecule is CCOc1cccc(C2CC(=O)C2(CC)CC)c1. The molecule has 1 aromatic carbocycles. The first-order valence-corrected chi connectivity index (χ1v) is 6.94. The van der Waals surface area contributed by atoms with E-state index in [9.17, 15) is 4.79 Å². The molecule has 1 aliphatic carbocycles. The van der Waals surface area contributed by atoms with Crippen LogP contribution in [0, 0.1) is 5.41 Å². The van der Waals surface area contributed by atoms with Gasteiger partial charge in [-0.05, 0) is 37.5 Å². The predicted octanol–water partition coefficient (Wildman–Crippen LogP) is 3.95. The molecule has 1 saturated carbocycles. The van der Waals surface area contributed by atoms with E-state index in [-0.39, 0.29) is 5.41 Å². The zero-order chi connectivity index (χ0) is 13.2. The largest absolute Gasteiger partial charge is 0.494 e. The first-order chi connectivity index (χ1) is 8.67. The molecule has 0 radical (unpaired) electrons. The molecule has 1 atom stereocenters. The number of carbonyl (C=O) groups excluding carboxylic acids is 1. The molecule has 0 aliphatic heterocycles. The molecule has 98 valence electrons. The third kappa shape index (κ3) is 1.94. The minimum absolute atomic E-state index is 0.120. The molecule has 0 bridgehead atoms. The average molecular weight is 246 g/mol. The van der Waals surface area contributed by atoms with Gasteiger partial charge in [-0.1, -0.05) is 26.0 Å². The van der Waals surface area contributed by atoms with Crippen molar-refractivity contribution in [3.8, 4) is 5.75 Å². The number of ether oxygens (including phenoxy) is 1. The predicted molar refractivity (Wildman–Crippen MR) is 73.0 cm³/mol. The molecule has 18 heavy (non-hydrogen) atoms. The summed E-state index contributed by atoms with van der Waals surface area (Å²) in [7, 11) is 0.